The normalized spacial score (nSPS) is 25.0. The van der Waals surface area contributed by atoms with Crippen LogP contribution in [0.5, 0.6) is 5.75 Å². The van der Waals surface area contributed by atoms with Crippen molar-refractivity contribution in [3.8, 4) is 22.7 Å². The van der Waals surface area contributed by atoms with E-state index in [-0.39, 0.29) is 5.75 Å². The number of imidazole rings is 1. The van der Waals surface area contributed by atoms with Crippen LogP contribution >= 0.6 is 0 Å². The number of carbonyl (C=O) groups excluding carboxylic acids is 1. The number of hydroxylamine groups is 1. The summed E-state index contributed by atoms with van der Waals surface area (Å²) in [5.74, 6) is -0.819. The molecule has 1 aliphatic heterocycles. The molecule has 0 aliphatic carbocycles. The highest BCUT2D eigenvalue weighted by Crippen LogP contribution is 2.36. The summed E-state index contributed by atoms with van der Waals surface area (Å²) in [5.41, 5.74) is 3.74. The van der Waals surface area contributed by atoms with Crippen molar-refractivity contribution < 1.29 is 46.5 Å². The summed E-state index contributed by atoms with van der Waals surface area (Å²) in [5, 5.41) is 0. The number of aromatic nitrogens is 2. The van der Waals surface area contributed by atoms with Crippen LogP contribution in [-0.4, -0.2) is 73.4 Å². The Kier molecular flexibility index (Phi) is 8.80. The Morgan fingerprint density at radius 3 is 2.25 bits per heavy atom. The molecule has 10 nitrogen and oxygen atoms in total. The van der Waals surface area contributed by atoms with Crippen molar-refractivity contribution in [2.75, 3.05) is 21.3 Å². The highest BCUT2D eigenvalue weighted by atomic mass is 19.4. The molecule has 0 saturated carbocycles. The van der Waals surface area contributed by atoms with Crippen molar-refractivity contribution in [3.05, 3.63) is 66.6 Å². The number of alkyl halides is 3. The molecule has 1 aliphatic rings. The molecule has 1 N–H and O–H groups in total. The van der Waals surface area contributed by atoms with E-state index in [1.165, 1.54) is 37.7 Å². The van der Waals surface area contributed by atoms with Crippen LogP contribution < -0.4 is 10.2 Å². The zero-order valence-electron chi connectivity index (χ0n) is 22.5. The maximum atomic E-state index is 12.8. The van der Waals surface area contributed by atoms with Crippen LogP contribution in [0.4, 0.5) is 13.2 Å². The number of carbonyl (C=O) groups is 1. The van der Waals surface area contributed by atoms with E-state index < -0.39 is 42.5 Å². The van der Waals surface area contributed by atoms with Crippen molar-refractivity contribution in [2.45, 2.75) is 50.4 Å². The van der Waals surface area contributed by atoms with Gasteiger partial charge in [0.1, 0.15) is 23.6 Å². The predicted molar refractivity (Wildman–Crippen MR) is 136 cm³/mol. The number of nitrogens with one attached hydrogen (secondary N) is 1. The number of halogens is 3. The first-order chi connectivity index (χ1) is 19.0. The van der Waals surface area contributed by atoms with Crippen LogP contribution in [0.25, 0.3) is 16.9 Å². The molecule has 1 saturated heterocycles. The molecule has 0 bridgehead atoms. The van der Waals surface area contributed by atoms with Gasteiger partial charge in [-0.15, -0.1) is 13.2 Å². The lowest BCUT2D eigenvalue weighted by atomic mass is 9.85. The summed E-state index contributed by atoms with van der Waals surface area (Å²) in [7, 11) is 4.59. The second-order valence-electron chi connectivity index (χ2n) is 9.24. The van der Waals surface area contributed by atoms with Gasteiger partial charge in [0.05, 0.1) is 18.1 Å². The van der Waals surface area contributed by atoms with E-state index in [1.807, 2.05) is 13.8 Å². The number of hydrogen-bond acceptors (Lipinski definition) is 8. The molecule has 3 aromatic rings. The molecule has 2 aromatic carbocycles. The lowest BCUT2D eigenvalue weighted by Crippen LogP contribution is -2.67. The Bertz CT molecular complexity index is 1280. The van der Waals surface area contributed by atoms with Gasteiger partial charge in [0.15, 0.2) is 0 Å². The molecule has 1 fully saturated rings. The third kappa shape index (κ3) is 6.29. The van der Waals surface area contributed by atoms with Gasteiger partial charge in [0, 0.05) is 44.3 Å². The van der Waals surface area contributed by atoms with Crippen LogP contribution in [-0.2, 0) is 23.8 Å². The first-order valence-electron chi connectivity index (χ1n) is 12.2. The summed E-state index contributed by atoms with van der Waals surface area (Å²) >= 11 is 0. The van der Waals surface area contributed by atoms with Crippen molar-refractivity contribution in [2.24, 2.45) is 0 Å². The number of benzene rings is 2. The minimum absolute atomic E-state index is 0.316. The summed E-state index contributed by atoms with van der Waals surface area (Å²) < 4.78 is 65.4. The van der Waals surface area contributed by atoms with Gasteiger partial charge < -0.3 is 28.3 Å². The molecule has 4 rings (SSSR count). The van der Waals surface area contributed by atoms with Gasteiger partial charge >= 0.3 is 6.36 Å². The third-order valence-electron chi connectivity index (χ3n) is 6.76. The van der Waals surface area contributed by atoms with Crippen molar-refractivity contribution in [1.29, 1.82) is 0 Å². The van der Waals surface area contributed by atoms with Gasteiger partial charge in [0.2, 0.25) is 6.29 Å². The largest absolute Gasteiger partial charge is 0.573 e. The zero-order valence-corrected chi connectivity index (χ0v) is 22.5. The van der Waals surface area contributed by atoms with Crippen molar-refractivity contribution in [1.82, 2.24) is 15.0 Å². The average Bonchev–Trinajstić information content (AvgIpc) is 3.42. The van der Waals surface area contributed by atoms with Crippen LogP contribution in [0.15, 0.2) is 61.1 Å². The first-order valence-corrected chi connectivity index (χ1v) is 12.2. The second kappa shape index (κ2) is 11.9. The third-order valence-corrected chi connectivity index (χ3v) is 6.76. The van der Waals surface area contributed by atoms with Gasteiger partial charge in [-0.2, -0.15) is 0 Å². The lowest BCUT2D eigenvalue weighted by Gasteiger charge is -2.49. The molecule has 40 heavy (non-hydrogen) atoms. The van der Waals surface area contributed by atoms with Crippen LogP contribution in [0.1, 0.15) is 24.2 Å². The number of rotatable bonds is 9. The van der Waals surface area contributed by atoms with Gasteiger partial charge in [-0.1, -0.05) is 12.1 Å². The van der Waals surface area contributed by atoms with Gasteiger partial charge in [-0.25, -0.2) is 15.3 Å². The molecule has 13 heteroatoms. The molecule has 2 heterocycles. The SMILES string of the molecule is CO[C@H]1[C@H](ONC(=O)c2ccc(-c3cn(-c4ccc(OC(F)(F)F)cc4)cn3)cc2)O[C@@H](C)[C@H](OC)[C@@]1(C)OC. The smallest absolute Gasteiger partial charge is 0.406 e. The zero-order chi connectivity index (χ0) is 29.1. The van der Waals surface area contributed by atoms with E-state index in [0.29, 0.717) is 16.9 Å². The Balaban J connectivity index is 1.39. The fourth-order valence-corrected chi connectivity index (χ4v) is 4.74. The van der Waals surface area contributed by atoms with E-state index in [4.69, 9.17) is 23.8 Å². The minimum atomic E-state index is -4.76. The highest BCUT2D eigenvalue weighted by Gasteiger charge is 2.55. The van der Waals surface area contributed by atoms with E-state index >= 15 is 0 Å². The van der Waals surface area contributed by atoms with Gasteiger partial charge in [-0.05, 0) is 50.2 Å². The Morgan fingerprint density at radius 2 is 1.68 bits per heavy atom. The average molecular weight is 566 g/mol. The lowest BCUT2D eigenvalue weighted by molar-refractivity contribution is -0.342. The van der Waals surface area contributed by atoms with E-state index in [0.717, 1.165) is 5.56 Å². The predicted octanol–water partition coefficient (Wildman–Crippen LogP) is 4.28. The Hall–Kier alpha value is -3.49. The molecular weight excluding hydrogens is 535 g/mol. The minimum Gasteiger partial charge on any atom is -0.406 e. The molecule has 0 spiro atoms. The van der Waals surface area contributed by atoms with Crippen LogP contribution in [0.2, 0.25) is 0 Å². The van der Waals surface area contributed by atoms with Crippen molar-refractivity contribution in [3.63, 3.8) is 0 Å². The maximum Gasteiger partial charge on any atom is 0.573 e. The molecule has 5 atom stereocenters. The Labute approximate surface area is 228 Å². The monoisotopic (exact) mass is 565 g/mol. The van der Waals surface area contributed by atoms with Crippen LogP contribution in [0, 0.1) is 0 Å². The summed E-state index contributed by atoms with van der Waals surface area (Å²) in [6.07, 6.45) is -4.02. The highest BCUT2D eigenvalue weighted by molar-refractivity contribution is 5.93. The second-order valence-corrected chi connectivity index (χ2v) is 9.24. The maximum absolute atomic E-state index is 12.8. The number of ether oxygens (including phenoxy) is 5. The first kappa shape index (κ1) is 29.5. The van der Waals surface area contributed by atoms with Crippen LogP contribution in [0.3, 0.4) is 0 Å². The van der Waals surface area contributed by atoms with Gasteiger partial charge in [0.25, 0.3) is 5.91 Å². The van der Waals surface area contributed by atoms with Crippen molar-refractivity contribution >= 4 is 5.91 Å². The fraction of sp³-hybridized carbons (Fsp3) is 0.407. The molecule has 216 valence electrons. The fourth-order valence-electron chi connectivity index (χ4n) is 4.74. The standard InChI is InChI=1S/C27H30F3N3O7/c1-16-22(35-3)26(2,37-5)23(36-4)25(38-16)40-32-24(34)18-8-6-17(7-9-18)21-14-33(15-31-21)19-10-12-20(13-11-19)39-27(28,29)30/h6-16,22-23,25H,1-5H3,(H,32,34)/t16-,22-,23-,25-,26+/m0/s1. The molecule has 0 unspecified atom stereocenters. The molecule has 0 radical (unpaired) electrons. The van der Waals surface area contributed by atoms with E-state index in [2.05, 4.69) is 15.2 Å². The topological polar surface area (TPSA) is 102 Å². The summed E-state index contributed by atoms with van der Waals surface area (Å²) in [6.45, 7) is 3.64. The summed E-state index contributed by atoms with van der Waals surface area (Å²) in [4.78, 5) is 22.7. The quantitative estimate of drug-likeness (QED) is 0.384. The molecular formula is C27H30F3N3O7. The summed E-state index contributed by atoms with van der Waals surface area (Å²) in [6, 6.07) is 12.0. The molecule has 1 aromatic heterocycles. The number of amides is 1. The Morgan fingerprint density at radius 1 is 1.02 bits per heavy atom. The number of methoxy groups -OCH3 is 3. The number of hydrogen-bond donors (Lipinski definition) is 1. The number of nitrogens with zero attached hydrogens (tertiary/aromatic N) is 2. The van der Waals surface area contributed by atoms with Gasteiger partial charge in [-0.3, -0.25) is 4.79 Å². The van der Waals surface area contributed by atoms with E-state index in [1.54, 1.807) is 49.2 Å². The van der Waals surface area contributed by atoms with E-state index in [9.17, 15) is 18.0 Å². The molecule has 1 amide bonds.